The van der Waals surface area contributed by atoms with Gasteiger partial charge >= 0.3 is 0 Å². The van der Waals surface area contributed by atoms with E-state index >= 15 is 0 Å². The van der Waals surface area contributed by atoms with Crippen LogP contribution in [-0.2, 0) is 6.54 Å². The SMILES string of the molecule is Oc1ccc(CN2CC[C@@H](N3CCCCCC3)[C@H](O)C2)cc1. The molecule has 0 unspecified atom stereocenters. The van der Waals surface area contributed by atoms with Crippen molar-refractivity contribution in [2.75, 3.05) is 26.2 Å². The van der Waals surface area contributed by atoms with Crippen molar-refractivity contribution in [2.45, 2.75) is 50.8 Å². The molecule has 4 heteroatoms. The molecule has 0 radical (unpaired) electrons. The van der Waals surface area contributed by atoms with Crippen molar-refractivity contribution in [2.24, 2.45) is 0 Å². The number of piperidine rings is 1. The minimum Gasteiger partial charge on any atom is -0.508 e. The first-order valence-electron chi connectivity index (χ1n) is 8.65. The molecule has 2 N–H and O–H groups in total. The van der Waals surface area contributed by atoms with E-state index in [0.717, 1.165) is 39.1 Å². The smallest absolute Gasteiger partial charge is 0.115 e. The summed E-state index contributed by atoms with van der Waals surface area (Å²) in [5, 5.41) is 19.9. The van der Waals surface area contributed by atoms with E-state index in [1.807, 2.05) is 12.1 Å². The van der Waals surface area contributed by atoms with Gasteiger partial charge in [-0.2, -0.15) is 0 Å². The number of aliphatic hydroxyl groups excluding tert-OH is 1. The second-order valence-corrected chi connectivity index (χ2v) is 6.78. The highest BCUT2D eigenvalue weighted by Crippen LogP contribution is 2.22. The van der Waals surface area contributed by atoms with E-state index in [4.69, 9.17) is 0 Å². The predicted octanol–water partition coefficient (Wildman–Crippen LogP) is 2.20. The first kappa shape index (κ1) is 15.8. The van der Waals surface area contributed by atoms with Gasteiger partial charge in [0, 0.05) is 25.7 Å². The quantitative estimate of drug-likeness (QED) is 0.899. The lowest BCUT2D eigenvalue weighted by molar-refractivity contribution is -0.0144. The second kappa shape index (κ2) is 7.44. The summed E-state index contributed by atoms with van der Waals surface area (Å²) in [5.41, 5.74) is 1.19. The van der Waals surface area contributed by atoms with E-state index in [9.17, 15) is 10.2 Å². The third-order valence-corrected chi connectivity index (χ3v) is 5.08. The number of rotatable bonds is 3. The lowest BCUT2D eigenvalue weighted by Gasteiger charge is -2.41. The molecule has 2 atom stereocenters. The zero-order chi connectivity index (χ0) is 15.4. The first-order chi connectivity index (χ1) is 10.7. The predicted molar refractivity (Wildman–Crippen MR) is 87.8 cm³/mol. The average molecular weight is 304 g/mol. The maximum Gasteiger partial charge on any atom is 0.115 e. The molecule has 3 rings (SSSR count). The number of phenolic OH excluding ortho intramolecular Hbond substituents is 1. The fourth-order valence-electron chi connectivity index (χ4n) is 3.84. The lowest BCUT2D eigenvalue weighted by Crippen LogP contribution is -2.54. The third kappa shape index (κ3) is 4.00. The van der Waals surface area contributed by atoms with E-state index in [0.29, 0.717) is 11.8 Å². The van der Waals surface area contributed by atoms with Crippen LogP contribution in [0, 0.1) is 0 Å². The minimum absolute atomic E-state index is 0.246. The van der Waals surface area contributed by atoms with Crippen LogP contribution in [0.25, 0.3) is 0 Å². The van der Waals surface area contributed by atoms with Crippen LogP contribution in [0.2, 0.25) is 0 Å². The van der Waals surface area contributed by atoms with Gasteiger partial charge in [0.1, 0.15) is 5.75 Å². The van der Waals surface area contributed by atoms with Gasteiger partial charge in [0.05, 0.1) is 6.10 Å². The van der Waals surface area contributed by atoms with Crippen LogP contribution in [0.5, 0.6) is 5.75 Å². The van der Waals surface area contributed by atoms with Gasteiger partial charge in [0.2, 0.25) is 0 Å². The molecule has 2 fully saturated rings. The molecule has 2 aliphatic heterocycles. The van der Waals surface area contributed by atoms with Crippen molar-refractivity contribution in [3.63, 3.8) is 0 Å². The first-order valence-corrected chi connectivity index (χ1v) is 8.65. The molecule has 2 saturated heterocycles. The zero-order valence-corrected chi connectivity index (χ0v) is 13.3. The fraction of sp³-hybridized carbons (Fsp3) is 0.667. The molecule has 0 amide bonds. The Morgan fingerprint density at radius 1 is 0.955 bits per heavy atom. The van der Waals surface area contributed by atoms with Crippen LogP contribution in [0.4, 0.5) is 0 Å². The summed E-state index contributed by atoms with van der Waals surface area (Å²) in [5.74, 6) is 0.309. The Kier molecular flexibility index (Phi) is 5.34. The van der Waals surface area contributed by atoms with Crippen LogP contribution in [0.1, 0.15) is 37.7 Å². The van der Waals surface area contributed by atoms with Crippen LogP contribution >= 0.6 is 0 Å². The summed E-state index contributed by atoms with van der Waals surface area (Å²) >= 11 is 0. The molecule has 0 spiro atoms. The largest absolute Gasteiger partial charge is 0.508 e. The van der Waals surface area contributed by atoms with Crippen LogP contribution in [0.3, 0.4) is 0 Å². The number of phenols is 1. The Labute approximate surface area is 133 Å². The molecule has 22 heavy (non-hydrogen) atoms. The van der Waals surface area contributed by atoms with Crippen LogP contribution in [-0.4, -0.2) is 58.3 Å². The normalized spacial score (nSPS) is 28.4. The van der Waals surface area contributed by atoms with Crippen molar-refractivity contribution >= 4 is 0 Å². The minimum atomic E-state index is -0.246. The van der Waals surface area contributed by atoms with Crippen LogP contribution < -0.4 is 0 Å². The number of likely N-dealkylation sites (tertiary alicyclic amines) is 2. The van der Waals surface area contributed by atoms with Gasteiger partial charge in [0.25, 0.3) is 0 Å². The molecule has 0 aliphatic carbocycles. The summed E-state index contributed by atoms with van der Waals surface area (Å²) in [6.07, 6.45) is 6.04. The standard InChI is InChI=1S/C18H28N2O2/c21-16-7-5-15(6-8-16)13-19-12-9-17(18(22)14-19)20-10-3-1-2-4-11-20/h5-8,17-18,21-22H,1-4,9-14H2/t17-,18-/m1/s1. The molecule has 0 bridgehead atoms. The van der Waals surface area contributed by atoms with Gasteiger partial charge in [0.15, 0.2) is 0 Å². The van der Waals surface area contributed by atoms with Crippen molar-refractivity contribution in [3.05, 3.63) is 29.8 Å². The molecule has 122 valence electrons. The summed E-state index contributed by atoms with van der Waals surface area (Å²) in [6.45, 7) is 4.95. The Morgan fingerprint density at radius 3 is 2.27 bits per heavy atom. The van der Waals surface area contributed by atoms with Gasteiger partial charge in [-0.1, -0.05) is 25.0 Å². The molecule has 1 aromatic rings. The average Bonchev–Trinajstić information content (AvgIpc) is 2.79. The highest BCUT2D eigenvalue weighted by molar-refractivity contribution is 5.25. The van der Waals surface area contributed by atoms with E-state index < -0.39 is 0 Å². The number of aliphatic hydroxyl groups is 1. The monoisotopic (exact) mass is 304 g/mol. The highest BCUT2D eigenvalue weighted by Gasteiger charge is 2.32. The number of hydrogen-bond donors (Lipinski definition) is 2. The van der Waals surface area contributed by atoms with Gasteiger partial charge < -0.3 is 10.2 Å². The number of aromatic hydroxyl groups is 1. The summed E-state index contributed by atoms with van der Waals surface area (Å²) in [6, 6.07) is 7.73. The van der Waals surface area contributed by atoms with E-state index in [1.165, 1.54) is 31.2 Å². The van der Waals surface area contributed by atoms with Crippen molar-refractivity contribution < 1.29 is 10.2 Å². The maximum absolute atomic E-state index is 10.6. The number of hydrogen-bond acceptors (Lipinski definition) is 4. The van der Waals surface area contributed by atoms with Gasteiger partial charge in [-0.3, -0.25) is 9.80 Å². The topological polar surface area (TPSA) is 46.9 Å². The van der Waals surface area contributed by atoms with Crippen LogP contribution in [0.15, 0.2) is 24.3 Å². The molecule has 2 heterocycles. The summed E-state index contributed by atoms with van der Waals surface area (Å²) < 4.78 is 0. The number of benzene rings is 1. The zero-order valence-electron chi connectivity index (χ0n) is 13.3. The van der Waals surface area contributed by atoms with Gasteiger partial charge in [-0.05, 0) is 50.0 Å². The number of nitrogens with zero attached hydrogens (tertiary/aromatic N) is 2. The highest BCUT2D eigenvalue weighted by atomic mass is 16.3. The molecule has 2 aliphatic rings. The second-order valence-electron chi connectivity index (χ2n) is 6.78. The molecular weight excluding hydrogens is 276 g/mol. The molecule has 0 aromatic heterocycles. The lowest BCUT2D eigenvalue weighted by atomic mass is 9.99. The maximum atomic E-state index is 10.6. The number of β-amino-alcohol motifs (C(OH)–C–C–N with tert-alkyl or cyclic N) is 1. The third-order valence-electron chi connectivity index (χ3n) is 5.08. The van der Waals surface area contributed by atoms with Crippen molar-refractivity contribution in [3.8, 4) is 5.75 Å². The Morgan fingerprint density at radius 2 is 1.64 bits per heavy atom. The van der Waals surface area contributed by atoms with E-state index in [1.54, 1.807) is 12.1 Å². The van der Waals surface area contributed by atoms with E-state index in [2.05, 4.69) is 9.80 Å². The summed E-state index contributed by atoms with van der Waals surface area (Å²) in [4.78, 5) is 4.85. The Hall–Kier alpha value is -1.10. The Balaban J connectivity index is 1.54. The Bertz CT molecular complexity index is 455. The fourth-order valence-corrected chi connectivity index (χ4v) is 3.84. The van der Waals surface area contributed by atoms with Crippen molar-refractivity contribution in [1.82, 2.24) is 9.80 Å². The molecule has 4 nitrogen and oxygen atoms in total. The summed E-state index contributed by atoms with van der Waals surface area (Å²) in [7, 11) is 0. The molecule has 0 saturated carbocycles. The molecule has 1 aromatic carbocycles. The van der Waals surface area contributed by atoms with Crippen molar-refractivity contribution in [1.29, 1.82) is 0 Å². The molecular formula is C18H28N2O2. The van der Waals surface area contributed by atoms with Gasteiger partial charge in [-0.15, -0.1) is 0 Å². The van der Waals surface area contributed by atoms with E-state index in [-0.39, 0.29) is 6.10 Å². The van der Waals surface area contributed by atoms with Gasteiger partial charge in [-0.25, -0.2) is 0 Å².